The fourth-order valence-electron chi connectivity index (χ4n) is 2.95. The van der Waals surface area contributed by atoms with Crippen LogP contribution in [0, 0.1) is 18.3 Å². The van der Waals surface area contributed by atoms with Crippen LogP contribution in [-0.2, 0) is 14.3 Å². The van der Waals surface area contributed by atoms with Gasteiger partial charge in [0.1, 0.15) is 5.54 Å². The maximum Gasteiger partial charge on any atom is 0.331 e. The first-order valence-corrected chi connectivity index (χ1v) is 9.53. The van der Waals surface area contributed by atoms with Crippen LogP contribution >= 0.6 is 15.9 Å². The Morgan fingerprint density at radius 3 is 2.65 bits per heavy atom. The van der Waals surface area contributed by atoms with Crippen LogP contribution in [0.1, 0.15) is 50.2 Å². The number of nitrogens with zero attached hydrogens (tertiary/aromatic N) is 1. The van der Waals surface area contributed by atoms with E-state index in [0.717, 1.165) is 34.9 Å². The van der Waals surface area contributed by atoms with E-state index in [9.17, 15) is 14.9 Å². The minimum atomic E-state index is -0.958. The SMILES string of the molecule is Cc1ccc(/C=C/C(=O)O[C@@H](C)C(=O)NC2(C#N)CCCCC2)c(Br)c1. The van der Waals surface area contributed by atoms with Gasteiger partial charge in [-0.3, -0.25) is 4.79 Å². The molecule has 1 amide bonds. The van der Waals surface area contributed by atoms with E-state index in [1.54, 1.807) is 6.08 Å². The Morgan fingerprint density at radius 1 is 1.35 bits per heavy atom. The number of ether oxygens (including phenoxy) is 1. The van der Waals surface area contributed by atoms with Crippen LogP contribution in [0.25, 0.3) is 6.08 Å². The van der Waals surface area contributed by atoms with E-state index < -0.39 is 23.5 Å². The zero-order valence-corrected chi connectivity index (χ0v) is 16.6. The molecule has 1 fully saturated rings. The maximum absolute atomic E-state index is 12.3. The number of benzene rings is 1. The number of carbonyl (C=O) groups is 2. The number of hydrogen-bond donors (Lipinski definition) is 1. The van der Waals surface area contributed by atoms with Gasteiger partial charge >= 0.3 is 5.97 Å². The van der Waals surface area contributed by atoms with E-state index >= 15 is 0 Å². The second-order valence-corrected chi connectivity index (χ2v) is 7.54. The van der Waals surface area contributed by atoms with Crippen LogP contribution in [0.5, 0.6) is 0 Å². The maximum atomic E-state index is 12.3. The highest BCUT2D eigenvalue weighted by Crippen LogP contribution is 2.27. The van der Waals surface area contributed by atoms with Crippen molar-refractivity contribution in [3.05, 3.63) is 39.9 Å². The Morgan fingerprint density at radius 2 is 2.04 bits per heavy atom. The van der Waals surface area contributed by atoms with Crippen molar-refractivity contribution < 1.29 is 14.3 Å². The molecule has 26 heavy (non-hydrogen) atoms. The molecule has 0 saturated heterocycles. The minimum absolute atomic E-state index is 0.438. The van der Waals surface area contributed by atoms with Gasteiger partial charge in [-0.1, -0.05) is 47.3 Å². The Balaban J connectivity index is 1.92. The monoisotopic (exact) mass is 418 g/mol. The normalized spacial score (nSPS) is 17.3. The highest BCUT2D eigenvalue weighted by molar-refractivity contribution is 9.10. The number of hydrogen-bond acceptors (Lipinski definition) is 4. The summed E-state index contributed by atoms with van der Waals surface area (Å²) >= 11 is 3.44. The van der Waals surface area contributed by atoms with Crippen molar-refractivity contribution in [2.75, 3.05) is 0 Å². The fraction of sp³-hybridized carbons (Fsp3) is 0.450. The quantitative estimate of drug-likeness (QED) is 0.577. The molecule has 5 nitrogen and oxygen atoms in total. The van der Waals surface area contributed by atoms with Crippen LogP contribution in [0.4, 0.5) is 0 Å². The van der Waals surface area contributed by atoms with E-state index in [2.05, 4.69) is 27.3 Å². The van der Waals surface area contributed by atoms with Crippen molar-refractivity contribution in [1.82, 2.24) is 5.32 Å². The van der Waals surface area contributed by atoms with Gasteiger partial charge in [-0.25, -0.2) is 4.79 Å². The van der Waals surface area contributed by atoms with E-state index in [1.165, 1.54) is 13.0 Å². The number of amides is 1. The molecule has 1 N–H and O–H groups in total. The molecule has 0 heterocycles. The van der Waals surface area contributed by atoms with Gasteiger partial charge in [0.25, 0.3) is 5.91 Å². The van der Waals surface area contributed by atoms with Gasteiger partial charge in [0.15, 0.2) is 6.10 Å². The number of nitrogens with one attached hydrogen (secondary N) is 1. The van der Waals surface area contributed by atoms with Gasteiger partial charge in [0.2, 0.25) is 0 Å². The summed E-state index contributed by atoms with van der Waals surface area (Å²) in [5.74, 6) is -1.04. The number of halogens is 1. The first-order chi connectivity index (χ1) is 12.3. The molecule has 0 aromatic heterocycles. The zero-order valence-electron chi connectivity index (χ0n) is 15.0. The standard InChI is InChI=1S/C20H23BrN2O3/c1-14-6-7-16(17(21)12-14)8-9-18(24)26-15(2)19(25)23-20(13-22)10-4-3-5-11-20/h6-9,12,15H,3-5,10-11H2,1-2H3,(H,23,25)/b9-8+/t15-/m0/s1. The second-order valence-electron chi connectivity index (χ2n) is 6.68. The molecular weight excluding hydrogens is 396 g/mol. The number of nitriles is 1. The molecule has 2 rings (SSSR count). The summed E-state index contributed by atoms with van der Waals surface area (Å²) in [6.45, 7) is 3.49. The topological polar surface area (TPSA) is 79.2 Å². The first kappa shape index (κ1) is 20.2. The van der Waals surface area contributed by atoms with E-state index in [-0.39, 0.29) is 0 Å². The minimum Gasteiger partial charge on any atom is -0.449 e. The highest BCUT2D eigenvalue weighted by Gasteiger charge is 2.35. The second kappa shape index (κ2) is 9.00. The number of rotatable bonds is 5. The lowest BCUT2D eigenvalue weighted by Gasteiger charge is -2.32. The summed E-state index contributed by atoms with van der Waals surface area (Å²) in [6.07, 6.45) is 6.14. The van der Waals surface area contributed by atoms with Crippen LogP contribution in [0.3, 0.4) is 0 Å². The largest absolute Gasteiger partial charge is 0.449 e. The first-order valence-electron chi connectivity index (χ1n) is 8.73. The Kier molecular flexibility index (Phi) is 6.98. The third kappa shape index (κ3) is 5.43. The molecular formula is C20H23BrN2O3. The van der Waals surface area contributed by atoms with Crippen molar-refractivity contribution in [3.63, 3.8) is 0 Å². The lowest BCUT2D eigenvalue weighted by molar-refractivity contribution is -0.150. The average molecular weight is 419 g/mol. The lowest BCUT2D eigenvalue weighted by atomic mass is 9.83. The highest BCUT2D eigenvalue weighted by atomic mass is 79.9. The molecule has 0 bridgehead atoms. The van der Waals surface area contributed by atoms with Crippen molar-refractivity contribution in [2.45, 2.75) is 57.6 Å². The third-order valence-corrected chi connectivity index (χ3v) is 5.19. The average Bonchev–Trinajstić information content (AvgIpc) is 2.61. The summed E-state index contributed by atoms with van der Waals surface area (Å²) in [5, 5.41) is 12.2. The predicted molar refractivity (Wildman–Crippen MR) is 103 cm³/mol. The molecule has 138 valence electrons. The molecule has 6 heteroatoms. The molecule has 1 atom stereocenters. The Labute approximate surface area is 162 Å². The molecule has 0 spiro atoms. The van der Waals surface area contributed by atoms with Crippen molar-refractivity contribution >= 4 is 33.9 Å². The van der Waals surface area contributed by atoms with E-state index in [1.807, 2.05) is 25.1 Å². The van der Waals surface area contributed by atoms with Gasteiger partial charge in [-0.2, -0.15) is 5.26 Å². The molecule has 0 radical (unpaired) electrons. The molecule has 1 saturated carbocycles. The van der Waals surface area contributed by atoms with Gasteiger partial charge in [-0.15, -0.1) is 0 Å². The predicted octanol–water partition coefficient (Wildman–Crippen LogP) is 4.05. The van der Waals surface area contributed by atoms with Crippen molar-refractivity contribution in [1.29, 1.82) is 5.26 Å². The molecule has 1 aromatic carbocycles. The summed E-state index contributed by atoms with van der Waals surface area (Å²) in [5.41, 5.74) is 1.12. The van der Waals surface area contributed by atoms with Gasteiger partial charge in [0, 0.05) is 10.5 Å². The van der Waals surface area contributed by atoms with E-state index in [4.69, 9.17) is 4.74 Å². The number of esters is 1. The van der Waals surface area contributed by atoms with Crippen LogP contribution in [0.2, 0.25) is 0 Å². The summed E-state index contributed by atoms with van der Waals surface area (Å²) in [7, 11) is 0. The number of carbonyl (C=O) groups excluding carboxylic acids is 2. The third-order valence-electron chi connectivity index (χ3n) is 4.50. The molecule has 1 aromatic rings. The summed E-state index contributed by atoms with van der Waals surface area (Å²) in [6, 6.07) is 8.00. The Bertz CT molecular complexity index is 746. The van der Waals surface area contributed by atoms with Crippen LogP contribution in [-0.4, -0.2) is 23.5 Å². The Hall–Kier alpha value is -2.13. The van der Waals surface area contributed by atoms with Crippen LogP contribution < -0.4 is 5.32 Å². The zero-order chi connectivity index (χ0) is 19.2. The fourth-order valence-corrected chi connectivity index (χ4v) is 3.58. The van der Waals surface area contributed by atoms with Gasteiger partial charge in [0.05, 0.1) is 6.07 Å². The van der Waals surface area contributed by atoms with Crippen molar-refractivity contribution in [2.24, 2.45) is 0 Å². The molecule has 1 aliphatic rings. The summed E-state index contributed by atoms with van der Waals surface area (Å²) in [4.78, 5) is 24.3. The lowest BCUT2D eigenvalue weighted by Crippen LogP contribution is -2.52. The van der Waals surface area contributed by atoms with Crippen LogP contribution in [0.15, 0.2) is 28.7 Å². The smallest absolute Gasteiger partial charge is 0.331 e. The van der Waals surface area contributed by atoms with E-state index in [0.29, 0.717) is 12.8 Å². The van der Waals surface area contributed by atoms with Gasteiger partial charge in [-0.05, 0) is 50.0 Å². The number of aryl methyl sites for hydroxylation is 1. The summed E-state index contributed by atoms with van der Waals surface area (Å²) < 4.78 is 6.04. The molecule has 0 aliphatic heterocycles. The molecule has 1 aliphatic carbocycles. The van der Waals surface area contributed by atoms with Crippen molar-refractivity contribution in [3.8, 4) is 6.07 Å². The molecule has 0 unspecified atom stereocenters. The van der Waals surface area contributed by atoms with Gasteiger partial charge < -0.3 is 10.1 Å².